The first kappa shape index (κ1) is 25.1. The van der Waals surface area contributed by atoms with Crippen LogP contribution in [-0.2, 0) is 28.8 Å². The summed E-state index contributed by atoms with van der Waals surface area (Å²) < 4.78 is 5.11. The average molecular weight is 482 g/mol. The van der Waals surface area contributed by atoms with Gasteiger partial charge in [-0.2, -0.15) is 0 Å². The molecule has 1 aromatic heterocycles. The highest BCUT2D eigenvalue weighted by atomic mass is 16.5. The third-order valence-corrected chi connectivity index (χ3v) is 7.14. The van der Waals surface area contributed by atoms with Crippen molar-refractivity contribution in [2.24, 2.45) is 17.5 Å². The molecule has 1 unspecified atom stereocenters. The Morgan fingerprint density at radius 1 is 1.14 bits per heavy atom. The number of piperazine rings is 1. The molecule has 1 atom stereocenters. The molecule has 5 rings (SSSR count). The normalized spacial score (nSPS) is 19.3. The zero-order chi connectivity index (χ0) is 24.9. The molecule has 6 N–H and O–H groups in total. The van der Waals surface area contributed by atoms with E-state index in [0.717, 1.165) is 75.4 Å². The van der Waals surface area contributed by atoms with Gasteiger partial charge in [0.2, 0.25) is 5.91 Å². The SMILES string of the molecule is CN(N)c1cc2c(cn1)C(C(=O)N1CCN(CCc3ccc4c(c3)CCOC4=O)CC1)CC2.NN. The van der Waals surface area contributed by atoms with Gasteiger partial charge >= 0.3 is 5.97 Å². The van der Waals surface area contributed by atoms with Gasteiger partial charge in [-0.1, -0.05) is 12.1 Å². The van der Waals surface area contributed by atoms with Crippen molar-refractivity contribution in [3.05, 3.63) is 58.3 Å². The van der Waals surface area contributed by atoms with E-state index >= 15 is 0 Å². The van der Waals surface area contributed by atoms with Crippen LogP contribution in [0, 0.1) is 0 Å². The lowest BCUT2D eigenvalue weighted by Gasteiger charge is -2.36. The lowest BCUT2D eigenvalue weighted by atomic mass is 9.98. The molecule has 3 aliphatic rings. The molecule has 1 fully saturated rings. The molecular formula is C25H35N7O3. The Morgan fingerprint density at radius 3 is 2.66 bits per heavy atom. The summed E-state index contributed by atoms with van der Waals surface area (Å²) in [4.78, 5) is 33.9. The molecular weight excluding hydrogens is 446 g/mol. The molecule has 0 spiro atoms. The molecule has 2 aromatic rings. The zero-order valence-corrected chi connectivity index (χ0v) is 20.3. The maximum absolute atomic E-state index is 13.2. The van der Waals surface area contributed by atoms with Crippen molar-refractivity contribution >= 4 is 17.7 Å². The number of hydrogen-bond acceptors (Lipinski definition) is 9. The maximum atomic E-state index is 13.2. The molecule has 0 bridgehead atoms. The number of cyclic esters (lactones) is 1. The van der Waals surface area contributed by atoms with Gasteiger partial charge in [-0.3, -0.25) is 26.4 Å². The van der Waals surface area contributed by atoms with Crippen LogP contribution < -0.4 is 22.5 Å². The van der Waals surface area contributed by atoms with Crippen molar-refractivity contribution in [3.63, 3.8) is 0 Å². The quantitative estimate of drug-likeness (QED) is 0.313. The predicted octanol–water partition coefficient (Wildman–Crippen LogP) is 0.340. The molecule has 10 nitrogen and oxygen atoms in total. The summed E-state index contributed by atoms with van der Waals surface area (Å²) in [6.07, 6.45) is 5.31. The standard InChI is InChI=1S/C25H31N5O3.H4N2/c1-28(26)23-15-18-3-5-21(22(18)16-27-23)24(31)30-11-9-29(10-12-30)8-6-17-2-4-20-19(14-17)7-13-33-25(20)32;1-2/h2,4,14-16,21H,3,5-13,26H2,1H3;1-2H2. The van der Waals surface area contributed by atoms with Gasteiger partial charge in [0.25, 0.3) is 0 Å². The number of anilines is 1. The van der Waals surface area contributed by atoms with Gasteiger partial charge in [-0.25, -0.2) is 15.6 Å². The van der Waals surface area contributed by atoms with Crippen molar-refractivity contribution in [2.75, 3.05) is 51.4 Å². The van der Waals surface area contributed by atoms with Crippen LogP contribution in [0.4, 0.5) is 5.82 Å². The minimum absolute atomic E-state index is 0.0848. The van der Waals surface area contributed by atoms with Crippen LogP contribution in [0.1, 0.15) is 45.0 Å². The number of hydrogen-bond donors (Lipinski definition) is 3. The van der Waals surface area contributed by atoms with Crippen molar-refractivity contribution in [3.8, 4) is 0 Å². The van der Waals surface area contributed by atoms with Gasteiger partial charge in [0, 0.05) is 52.4 Å². The first-order valence-corrected chi connectivity index (χ1v) is 12.1. The number of aryl methyl sites for hydroxylation is 1. The molecule has 1 saturated heterocycles. The fraction of sp³-hybridized carbons (Fsp3) is 0.480. The highest BCUT2D eigenvalue weighted by molar-refractivity contribution is 5.92. The predicted molar refractivity (Wildman–Crippen MR) is 133 cm³/mol. The van der Waals surface area contributed by atoms with Gasteiger partial charge < -0.3 is 9.64 Å². The number of benzene rings is 1. The number of aromatic nitrogens is 1. The summed E-state index contributed by atoms with van der Waals surface area (Å²) in [7, 11) is 1.77. The van der Waals surface area contributed by atoms with E-state index in [-0.39, 0.29) is 17.8 Å². The van der Waals surface area contributed by atoms with Crippen molar-refractivity contribution in [1.82, 2.24) is 14.8 Å². The molecule has 35 heavy (non-hydrogen) atoms. The van der Waals surface area contributed by atoms with Crippen molar-refractivity contribution < 1.29 is 14.3 Å². The first-order chi connectivity index (χ1) is 17.0. The third kappa shape index (κ3) is 5.46. The summed E-state index contributed by atoms with van der Waals surface area (Å²) in [6, 6.07) is 8.08. The topological polar surface area (TPSA) is 144 Å². The minimum Gasteiger partial charge on any atom is -0.462 e. The first-order valence-electron chi connectivity index (χ1n) is 12.1. The van der Waals surface area contributed by atoms with Crippen LogP contribution in [0.5, 0.6) is 0 Å². The molecule has 1 amide bonds. The van der Waals surface area contributed by atoms with Crippen LogP contribution in [0.15, 0.2) is 30.5 Å². The minimum atomic E-state index is -0.212. The van der Waals surface area contributed by atoms with Crippen LogP contribution in [0.25, 0.3) is 0 Å². The van der Waals surface area contributed by atoms with Gasteiger partial charge in [-0.15, -0.1) is 0 Å². The number of ether oxygens (including phenoxy) is 1. The maximum Gasteiger partial charge on any atom is 0.338 e. The fourth-order valence-corrected chi connectivity index (χ4v) is 5.17. The number of nitrogens with two attached hydrogens (primary N) is 3. The number of fused-ring (bicyclic) bond motifs is 2. The summed E-state index contributed by atoms with van der Waals surface area (Å²) >= 11 is 0. The van der Waals surface area contributed by atoms with Gasteiger partial charge in [-0.05, 0) is 53.6 Å². The molecule has 0 saturated carbocycles. The highest BCUT2D eigenvalue weighted by Crippen LogP contribution is 2.35. The fourth-order valence-electron chi connectivity index (χ4n) is 5.17. The Morgan fingerprint density at radius 2 is 1.91 bits per heavy atom. The van der Waals surface area contributed by atoms with Crippen LogP contribution in [0.2, 0.25) is 0 Å². The van der Waals surface area contributed by atoms with E-state index in [0.29, 0.717) is 12.2 Å². The van der Waals surface area contributed by atoms with E-state index < -0.39 is 0 Å². The summed E-state index contributed by atoms with van der Waals surface area (Å²) in [5.41, 5.74) is 5.29. The molecule has 1 aliphatic carbocycles. The Kier molecular flexibility index (Phi) is 7.97. The molecule has 1 aromatic carbocycles. The zero-order valence-electron chi connectivity index (χ0n) is 20.3. The van der Waals surface area contributed by atoms with E-state index in [1.54, 1.807) is 7.05 Å². The molecule has 2 aliphatic heterocycles. The number of amides is 1. The Balaban J connectivity index is 0.00000141. The van der Waals surface area contributed by atoms with Crippen LogP contribution >= 0.6 is 0 Å². The average Bonchev–Trinajstić information content (AvgIpc) is 3.32. The van der Waals surface area contributed by atoms with Gasteiger partial charge in [0.1, 0.15) is 5.82 Å². The van der Waals surface area contributed by atoms with Gasteiger partial charge in [0.15, 0.2) is 0 Å². The van der Waals surface area contributed by atoms with Gasteiger partial charge in [0.05, 0.1) is 18.1 Å². The third-order valence-electron chi connectivity index (χ3n) is 7.14. The lowest BCUT2D eigenvalue weighted by Crippen LogP contribution is -2.50. The van der Waals surface area contributed by atoms with E-state index in [1.807, 2.05) is 29.3 Å². The number of hydrazine groups is 2. The molecule has 188 valence electrons. The second-order valence-electron chi connectivity index (χ2n) is 9.24. The molecule has 0 radical (unpaired) electrons. The smallest absolute Gasteiger partial charge is 0.338 e. The number of nitrogens with zero attached hydrogens (tertiary/aromatic N) is 4. The number of carbonyl (C=O) groups excluding carboxylic acids is 2. The lowest BCUT2D eigenvalue weighted by molar-refractivity contribution is -0.134. The number of carbonyl (C=O) groups is 2. The van der Waals surface area contributed by atoms with E-state index in [1.165, 1.54) is 16.1 Å². The molecule has 10 heteroatoms. The summed E-state index contributed by atoms with van der Waals surface area (Å²) in [5.74, 6) is 14.5. The number of rotatable bonds is 5. The van der Waals surface area contributed by atoms with Crippen molar-refractivity contribution in [1.29, 1.82) is 0 Å². The summed E-state index contributed by atoms with van der Waals surface area (Å²) in [5, 5.41) is 1.51. The Bertz CT molecular complexity index is 1070. The van der Waals surface area contributed by atoms with Crippen molar-refractivity contribution in [2.45, 2.75) is 31.6 Å². The monoisotopic (exact) mass is 481 g/mol. The Hall–Kier alpha value is -3.05. The highest BCUT2D eigenvalue weighted by Gasteiger charge is 2.33. The van der Waals surface area contributed by atoms with Crippen LogP contribution in [-0.4, -0.2) is 73.0 Å². The Labute approximate surface area is 205 Å². The second kappa shape index (κ2) is 11.1. The summed E-state index contributed by atoms with van der Waals surface area (Å²) in [6.45, 7) is 4.72. The molecule has 3 heterocycles. The largest absolute Gasteiger partial charge is 0.462 e. The van der Waals surface area contributed by atoms with E-state index in [2.05, 4.69) is 27.6 Å². The second-order valence-corrected chi connectivity index (χ2v) is 9.24. The van der Waals surface area contributed by atoms with Crippen LogP contribution in [0.3, 0.4) is 0 Å². The van der Waals surface area contributed by atoms with E-state index in [4.69, 9.17) is 10.6 Å². The number of pyridine rings is 1. The number of esters is 1. The van der Waals surface area contributed by atoms with E-state index in [9.17, 15) is 9.59 Å².